The number of rotatable bonds is 4. The highest BCUT2D eigenvalue weighted by atomic mass is 14.9. The van der Waals surface area contributed by atoms with Crippen molar-refractivity contribution in [3.8, 4) is 45.3 Å². The number of aromatic amines is 2. The highest BCUT2D eigenvalue weighted by Crippen LogP contribution is 2.36. The molecule has 0 spiro atoms. The molecule has 3 aromatic carbocycles. The van der Waals surface area contributed by atoms with Crippen LogP contribution in [0.3, 0.4) is 0 Å². The molecule has 0 atom stereocenters. The monoisotopic (exact) mass is 586 g/mol. The lowest BCUT2D eigenvalue weighted by Crippen LogP contribution is -2.16. The van der Waals surface area contributed by atoms with Crippen molar-refractivity contribution in [3.63, 3.8) is 0 Å². The van der Waals surface area contributed by atoms with Crippen molar-refractivity contribution < 1.29 is 0 Å². The summed E-state index contributed by atoms with van der Waals surface area (Å²) in [5.74, 6) is 1.77. The second kappa shape index (κ2) is 10.9. The average molecular weight is 587 g/mol. The minimum Gasteiger partial charge on any atom is -0.344 e. The van der Waals surface area contributed by atoms with Crippen LogP contribution in [0.1, 0.15) is 105 Å². The van der Waals surface area contributed by atoms with Gasteiger partial charge in [0.2, 0.25) is 0 Å². The van der Waals surface area contributed by atoms with Gasteiger partial charge in [0.05, 0.1) is 11.4 Å². The third-order valence-electron chi connectivity index (χ3n) is 8.49. The molecule has 0 aliphatic heterocycles. The molecular formula is C40H50N4. The highest BCUT2D eigenvalue weighted by molar-refractivity contribution is 5.73. The van der Waals surface area contributed by atoms with Crippen LogP contribution in [0.4, 0.5) is 0 Å². The van der Waals surface area contributed by atoms with Gasteiger partial charge in [0.1, 0.15) is 11.6 Å². The van der Waals surface area contributed by atoms with Gasteiger partial charge in [-0.25, -0.2) is 9.97 Å². The van der Waals surface area contributed by atoms with Crippen LogP contribution in [0.2, 0.25) is 0 Å². The summed E-state index contributed by atoms with van der Waals surface area (Å²) in [6, 6.07) is 22.3. The van der Waals surface area contributed by atoms with Gasteiger partial charge in [-0.1, -0.05) is 113 Å². The summed E-state index contributed by atoms with van der Waals surface area (Å²) >= 11 is 0. The lowest BCUT2D eigenvalue weighted by molar-refractivity contribution is 0.568. The molecule has 0 unspecified atom stereocenters. The summed E-state index contributed by atoms with van der Waals surface area (Å²) in [7, 11) is 0. The average Bonchev–Trinajstić information content (AvgIpc) is 3.62. The van der Waals surface area contributed by atoms with E-state index in [2.05, 4.69) is 154 Å². The Labute approximate surface area is 264 Å². The van der Waals surface area contributed by atoms with Crippen molar-refractivity contribution in [3.05, 3.63) is 95.3 Å². The molecule has 5 rings (SSSR count). The fourth-order valence-electron chi connectivity index (χ4n) is 5.33. The quantitative estimate of drug-likeness (QED) is 0.220. The van der Waals surface area contributed by atoms with E-state index >= 15 is 0 Å². The second-order valence-electron chi connectivity index (χ2n) is 16.4. The normalized spacial score (nSPS) is 13.0. The Kier molecular flexibility index (Phi) is 7.81. The van der Waals surface area contributed by atoms with Crippen molar-refractivity contribution >= 4 is 0 Å². The molecule has 0 aliphatic carbocycles. The standard InChI is InChI=1S/C40H50N4/c1-37(2,3)29-17-27(18-30(21-29)38(4,5)6)35-41-23-33(43-35)25-14-13-15-26(16-25)34-24-42-36(44-34)28-19-31(39(7,8)9)22-32(20-28)40(10,11)12/h13-24H,1-12H3,(H,41,43)(H,42,44). The Morgan fingerprint density at radius 3 is 1.02 bits per heavy atom. The minimum absolute atomic E-state index is 0.0462. The van der Waals surface area contributed by atoms with Crippen molar-refractivity contribution in [2.75, 3.05) is 0 Å². The molecule has 0 amide bonds. The number of imidazole rings is 2. The zero-order valence-corrected chi connectivity index (χ0v) is 28.8. The summed E-state index contributed by atoms with van der Waals surface area (Å²) in [6.07, 6.45) is 4.02. The maximum atomic E-state index is 5.07. The van der Waals surface area contributed by atoms with Gasteiger partial charge in [0.15, 0.2) is 0 Å². The summed E-state index contributed by atoms with van der Waals surface area (Å²) in [5.41, 5.74) is 11.6. The van der Waals surface area contributed by atoms with Gasteiger partial charge >= 0.3 is 0 Å². The van der Waals surface area contributed by atoms with Gasteiger partial charge in [-0.05, 0) is 74.2 Å². The fraction of sp³-hybridized carbons (Fsp3) is 0.400. The van der Waals surface area contributed by atoms with E-state index in [1.54, 1.807) is 0 Å². The molecule has 0 bridgehead atoms. The Morgan fingerprint density at radius 2 is 0.727 bits per heavy atom. The number of H-pyrrole nitrogens is 2. The van der Waals surface area contributed by atoms with E-state index in [-0.39, 0.29) is 21.7 Å². The maximum Gasteiger partial charge on any atom is 0.138 e. The zero-order valence-electron chi connectivity index (χ0n) is 28.8. The number of benzene rings is 3. The molecule has 2 N–H and O–H groups in total. The first-order valence-electron chi connectivity index (χ1n) is 15.8. The molecule has 44 heavy (non-hydrogen) atoms. The second-order valence-corrected chi connectivity index (χ2v) is 16.4. The first-order valence-corrected chi connectivity index (χ1v) is 15.8. The van der Waals surface area contributed by atoms with Gasteiger partial charge in [-0.2, -0.15) is 0 Å². The summed E-state index contributed by atoms with van der Waals surface area (Å²) in [6.45, 7) is 27.2. The SMILES string of the molecule is CC(C)(C)c1cc(-c2nc(-c3cccc(-c4c[nH]c(-c5cc(C(C)(C)C)cc(C(C)(C)C)c5)n4)c3)c[nH]2)cc(C(C)(C)C)c1. The predicted molar refractivity (Wildman–Crippen MR) is 187 cm³/mol. The lowest BCUT2D eigenvalue weighted by atomic mass is 9.79. The van der Waals surface area contributed by atoms with E-state index in [1.165, 1.54) is 22.3 Å². The molecule has 0 fully saturated rings. The zero-order chi connectivity index (χ0) is 32.2. The predicted octanol–water partition coefficient (Wildman–Crippen LogP) is 11.0. The van der Waals surface area contributed by atoms with E-state index in [1.807, 2.05) is 12.4 Å². The van der Waals surface area contributed by atoms with E-state index < -0.39 is 0 Å². The molecule has 4 nitrogen and oxygen atoms in total. The van der Waals surface area contributed by atoms with Crippen LogP contribution in [0.5, 0.6) is 0 Å². The molecule has 5 aromatic rings. The summed E-state index contributed by atoms with van der Waals surface area (Å²) in [4.78, 5) is 17.1. The number of hydrogen-bond acceptors (Lipinski definition) is 2. The Hall–Kier alpha value is -3.92. The fourth-order valence-corrected chi connectivity index (χ4v) is 5.33. The summed E-state index contributed by atoms with van der Waals surface area (Å²) in [5, 5.41) is 0. The van der Waals surface area contributed by atoms with Crippen molar-refractivity contribution in [2.24, 2.45) is 0 Å². The Morgan fingerprint density at radius 1 is 0.409 bits per heavy atom. The molecule has 0 saturated carbocycles. The first kappa shape index (κ1) is 31.5. The molecule has 0 radical (unpaired) electrons. The third kappa shape index (κ3) is 6.75. The molecule has 0 aliphatic rings. The number of nitrogens with zero attached hydrogens (tertiary/aromatic N) is 2. The lowest BCUT2D eigenvalue weighted by Gasteiger charge is -2.26. The topological polar surface area (TPSA) is 57.4 Å². The number of hydrogen-bond donors (Lipinski definition) is 2. The molecule has 0 saturated heterocycles. The number of aromatic nitrogens is 4. The van der Waals surface area contributed by atoms with Crippen molar-refractivity contribution in [2.45, 2.75) is 105 Å². The van der Waals surface area contributed by atoms with Crippen LogP contribution >= 0.6 is 0 Å². The molecule has 230 valence electrons. The van der Waals surface area contributed by atoms with Crippen LogP contribution in [0.15, 0.2) is 73.1 Å². The van der Waals surface area contributed by atoms with Crippen LogP contribution in [-0.2, 0) is 21.7 Å². The van der Waals surface area contributed by atoms with E-state index in [0.29, 0.717) is 0 Å². The molecular weight excluding hydrogens is 536 g/mol. The van der Waals surface area contributed by atoms with E-state index in [0.717, 1.165) is 45.3 Å². The maximum absolute atomic E-state index is 5.07. The van der Waals surface area contributed by atoms with Gasteiger partial charge in [-0.3, -0.25) is 0 Å². The van der Waals surface area contributed by atoms with Gasteiger partial charge in [-0.15, -0.1) is 0 Å². The first-order chi connectivity index (χ1) is 20.3. The Bertz CT molecular complexity index is 1590. The molecule has 4 heteroatoms. The van der Waals surface area contributed by atoms with Crippen LogP contribution < -0.4 is 0 Å². The molecule has 2 heterocycles. The summed E-state index contributed by atoms with van der Waals surface area (Å²) < 4.78 is 0. The van der Waals surface area contributed by atoms with Gasteiger partial charge in [0, 0.05) is 34.6 Å². The van der Waals surface area contributed by atoms with E-state index in [4.69, 9.17) is 9.97 Å². The van der Waals surface area contributed by atoms with Crippen molar-refractivity contribution in [1.29, 1.82) is 0 Å². The van der Waals surface area contributed by atoms with Crippen molar-refractivity contribution in [1.82, 2.24) is 19.9 Å². The smallest absolute Gasteiger partial charge is 0.138 e. The Balaban J connectivity index is 1.49. The highest BCUT2D eigenvalue weighted by Gasteiger charge is 2.23. The number of nitrogens with one attached hydrogen (secondary N) is 2. The van der Waals surface area contributed by atoms with E-state index in [9.17, 15) is 0 Å². The van der Waals surface area contributed by atoms with Gasteiger partial charge < -0.3 is 9.97 Å². The minimum atomic E-state index is 0.0462. The van der Waals surface area contributed by atoms with Gasteiger partial charge in [0.25, 0.3) is 0 Å². The van der Waals surface area contributed by atoms with Crippen LogP contribution in [0.25, 0.3) is 45.3 Å². The third-order valence-corrected chi connectivity index (χ3v) is 8.49. The largest absolute Gasteiger partial charge is 0.344 e. The molecule has 2 aromatic heterocycles. The van der Waals surface area contributed by atoms with Crippen LogP contribution in [0, 0.1) is 0 Å². The van der Waals surface area contributed by atoms with Crippen LogP contribution in [-0.4, -0.2) is 19.9 Å².